The van der Waals surface area contributed by atoms with Crippen LogP contribution in [0.4, 0.5) is 11.4 Å². The Morgan fingerprint density at radius 1 is 0.538 bits per heavy atom. The Labute approximate surface area is 227 Å². The van der Waals surface area contributed by atoms with E-state index in [1.165, 1.54) is 44.5 Å². The summed E-state index contributed by atoms with van der Waals surface area (Å²) < 4.78 is 6.24. The number of furan rings is 1. The Bertz CT molecular complexity index is 2000. The van der Waals surface area contributed by atoms with E-state index in [0.717, 1.165) is 39.7 Å². The van der Waals surface area contributed by atoms with Crippen LogP contribution in [0.15, 0.2) is 138 Å². The molecule has 2 heteroatoms. The van der Waals surface area contributed by atoms with Crippen LogP contribution in [0.5, 0.6) is 0 Å². The van der Waals surface area contributed by atoms with Gasteiger partial charge in [0.2, 0.25) is 0 Å². The normalized spacial score (nSPS) is 12.0. The van der Waals surface area contributed by atoms with Crippen LogP contribution in [-0.4, -0.2) is 0 Å². The number of hydrogen-bond donors (Lipinski definition) is 1. The summed E-state index contributed by atoms with van der Waals surface area (Å²) in [5.41, 5.74) is 14.2. The highest BCUT2D eigenvalue weighted by Gasteiger charge is 2.27. The number of fused-ring (bicyclic) bond motifs is 6. The fourth-order valence-electron chi connectivity index (χ4n) is 6.18. The molecule has 7 aromatic rings. The molecule has 8 rings (SSSR count). The smallest absolute Gasteiger partial charge is 0.137 e. The van der Waals surface area contributed by atoms with E-state index in [0.29, 0.717) is 0 Å². The van der Waals surface area contributed by atoms with Crippen molar-refractivity contribution in [2.75, 3.05) is 5.32 Å². The average Bonchev–Trinajstić information content (AvgIpc) is 3.57. The van der Waals surface area contributed by atoms with Crippen molar-refractivity contribution in [3.8, 4) is 33.4 Å². The molecule has 184 valence electrons. The minimum absolute atomic E-state index is 0.890. The molecule has 0 radical (unpaired) electrons. The zero-order valence-corrected chi connectivity index (χ0v) is 21.3. The molecule has 0 fully saturated rings. The molecule has 0 saturated heterocycles. The van der Waals surface area contributed by atoms with E-state index in [2.05, 4.69) is 127 Å². The van der Waals surface area contributed by atoms with Crippen LogP contribution < -0.4 is 5.32 Å². The Morgan fingerprint density at radius 2 is 1.23 bits per heavy atom. The molecule has 0 atom stereocenters. The molecule has 0 aliphatic heterocycles. The standard InChI is InChI=1S/C37H25NO/c1-3-12-24(13-4-1)29-23-30-27-17-8-7-16-26(27)22-31(30)37(35(29)25-14-5-2-6-15-25)38-32-19-11-21-34-36(32)28-18-9-10-20-33(28)39-34/h1-21,23,38H,22H2. The molecule has 1 aliphatic carbocycles. The van der Waals surface area contributed by atoms with Gasteiger partial charge in [0.15, 0.2) is 0 Å². The Morgan fingerprint density at radius 3 is 2.08 bits per heavy atom. The molecule has 0 unspecified atom stereocenters. The van der Waals surface area contributed by atoms with Crippen molar-refractivity contribution in [3.05, 3.63) is 145 Å². The van der Waals surface area contributed by atoms with E-state index in [4.69, 9.17) is 4.42 Å². The lowest BCUT2D eigenvalue weighted by Crippen LogP contribution is -2.01. The van der Waals surface area contributed by atoms with Crippen molar-refractivity contribution in [1.29, 1.82) is 0 Å². The lowest BCUT2D eigenvalue weighted by molar-refractivity contribution is 0.669. The predicted molar refractivity (Wildman–Crippen MR) is 163 cm³/mol. The van der Waals surface area contributed by atoms with Gasteiger partial charge in [0.05, 0.1) is 16.8 Å². The minimum atomic E-state index is 0.890. The first-order chi connectivity index (χ1) is 19.3. The summed E-state index contributed by atoms with van der Waals surface area (Å²) in [5.74, 6) is 0. The molecule has 1 N–H and O–H groups in total. The van der Waals surface area contributed by atoms with E-state index < -0.39 is 0 Å². The van der Waals surface area contributed by atoms with Crippen molar-refractivity contribution < 1.29 is 4.42 Å². The highest BCUT2D eigenvalue weighted by molar-refractivity contribution is 6.13. The quantitative estimate of drug-likeness (QED) is 0.261. The molecule has 0 bridgehead atoms. The van der Waals surface area contributed by atoms with Crippen LogP contribution in [-0.2, 0) is 6.42 Å². The summed E-state index contributed by atoms with van der Waals surface area (Å²) >= 11 is 0. The average molecular weight is 500 g/mol. The maximum atomic E-state index is 6.24. The first-order valence-corrected chi connectivity index (χ1v) is 13.4. The maximum Gasteiger partial charge on any atom is 0.137 e. The number of anilines is 2. The van der Waals surface area contributed by atoms with E-state index in [1.807, 2.05) is 12.1 Å². The van der Waals surface area contributed by atoms with Crippen LogP contribution >= 0.6 is 0 Å². The van der Waals surface area contributed by atoms with Gasteiger partial charge in [0.1, 0.15) is 11.2 Å². The first-order valence-electron chi connectivity index (χ1n) is 13.4. The van der Waals surface area contributed by atoms with Crippen LogP contribution in [0, 0.1) is 0 Å². The largest absolute Gasteiger partial charge is 0.456 e. The molecule has 6 aromatic carbocycles. The van der Waals surface area contributed by atoms with Crippen LogP contribution in [0.25, 0.3) is 55.3 Å². The van der Waals surface area contributed by atoms with Gasteiger partial charge < -0.3 is 9.73 Å². The van der Waals surface area contributed by atoms with Gasteiger partial charge in [0.25, 0.3) is 0 Å². The van der Waals surface area contributed by atoms with Crippen molar-refractivity contribution >= 4 is 33.3 Å². The molecule has 1 aliphatic rings. The van der Waals surface area contributed by atoms with Crippen LogP contribution in [0.3, 0.4) is 0 Å². The van der Waals surface area contributed by atoms with Crippen molar-refractivity contribution in [2.24, 2.45) is 0 Å². The van der Waals surface area contributed by atoms with Gasteiger partial charge in [-0.15, -0.1) is 0 Å². The summed E-state index contributed by atoms with van der Waals surface area (Å²) in [7, 11) is 0. The monoisotopic (exact) mass is 499 g/mol. The highest BCUT2D eigenvalue weighted by atomic mass is 16.3. The van der Waals surface area contributed by atoms with Crippen molar-refractivity contribution in [1.82, 2.24) is 0 Å². The molecule has 0 saturated carbocycles. The SMILES string of the molecule is c1ccc(-c2cc3c(c(Nc4cccc5oc6ccccc6c45)c2-c2ccccc2)Cc2ccccc2-3)cc1. The van der Waals surface area contributed by atoms with Gasteiger partial charge in [0, 0.05) is 17.4 Å². The molecule has 2 nitrogen and oxygen atoms in total. The molecule has 0 spiro atoms. The zero-order valence-electron chi connectivity index (χ0n) is 21.3. The van der Waals surface area contributed by atoms with Crippen molar-refractivity contribution in [2.45, 2.75) is 6.42 Å². The minimum Gasteiger partial charge on any atom is -0.456 e. The van der Waals surface area contributed by atoms with E-state index >= 15 is 0 Å². The maximum absolute atomic E-state index is 6.24. The van der Waals surface area contributed by atoms with Gasteiger partial charge in [-0.25, -0.2) is 0 Å². The summed E-state index contributed by atoms with van der Waals surface area (Å²) in [6.07, 6.45) is 0.894. The third-order valence-electron chi connectivity index (χ3n) is 7.92. The van der Waals surface area contributed by atoms with E-state index in [9.17, 15) is 0 Å². The number of rotatable bonds is 4. The molecule has 1 aromatic heterocycles. The Balaban J connectivity index is 1.46. The van der Waals surface area contributed by atoms with Gasteiger partial charge in [-0.05, 0) is 63.2 Å². The summed E-state index contributed by atoms with van der Waals surface area (Å²) in [6, 6.07) is 47.3. The number of benzene rings is 6. The fourth-order valence-corrected chi connectivity index (χ4v) is 6.18. The number of para-hydroxylation sites is 1. The van der Waals surface area contributed by atoms with Gasteiger partial charge in [-0.3, -0.25) is 0 Å². The second-order valence-corrected chi connectivity index (χ2v) is 10.2. The molecule has 39 heavy (non-hydrogen) atoms. The second-order valence-electron chi connectivity index (χ2n) is 10.2. The lowest BCUT2D eigenvalue weighted by Gasteiger charge is -2.22. The van der Waals surface area contributed by atoms with Gasteiger partial charge >= 0.3 is 0 Å². The topological polar surface area (TPSA) is 25.2 Å². The summed E-state index contributed by atoms with van der Waals surface area (Å²) in [6.45, 7) is 0. The van der Waals surface area contributed by atoms with Crippen molar-refractivity contribution in [3.63, 3.8) is 0 Å². The van der Waals surface area contributed by atoms with E-state index in [-0.39, 0.29) is 0 Å². The first kappa shape index (κ1) is 22.0. The highest BCUT2D eigenvalue weighted by Crippen LogP contribution is 2.50. The summed E-state index contributed by atoms with van der Waals surface area (Å²) in [5, 5.41) is 6.21. The lowest BCUT2D eigenvalue weighted by atomic mass is 9.87. The summed E-state index contributed by atoms with van der Waals surface area (Å²) in [4.78, 5) is 0. The molecule has 1 heterocycles. The Hall–Kier alpha value is -5.08. The second kappa shape index (κ2) is 8.75. The van der Waals surface area contributed by atoms with Gasteiger partial charge in [-0.1, -0.05) is 109 Å². The number of nitrogens with one attached hydrogen (secondary N) is 1. The van der Waals surface area contributed by atoms with Gasteiger partial charge in [-0.2, -0.15) is 0 Å². The zero-order chi connectivity index (χ0) is 25.8. The number of hydrogen-bond acceptors (Lipinski definition) is 2. The van der Waals surface area contributed by atoms with E-state index in [1.54, 1.807) is 0 Å². The molecular formula is C37H25NO. The fraction of sp³-hybridized carbons (Fsp3) is 0.0270. The Kier molecular flexibility index (Phi) is 4.92. The van der Waals surface area contributed by atoms with Crippen LogP contribution in [0.1, 0.15) is 11.1 Å². The molecular weight excluding hydrogens is 474 g/mol. The third-order valence-corrected chi connectivity index (χ3v) is 7.92. The third kappa shape index (κ3) is 3.49. The predicted octanol–water partition coefficient (Wildman–Crippen LogP) is 10.2. The molecule has 0 amide bonds. The van der Waals surface area contributed by atoms with Crippen LogP contribution in [0.2, 0.25) is 0 Å².